The predicted octanol–water partition coefficient (Wildman–Crippen LogP) is 7.45. The molecular formula is C35H35FN4O3. The van der Waals surface area contributed by atoms with Gasteiger partial charge in [-0.3, -0.25) is 4.79 Å². The van der Waals surface area contributed by atoms with Crippen LogP contribution in [0, 0.1) is 5.82 Å². The van der Waals surface area contributed by atoms with Gasteiger partial charge in [0.2, 0.25) is 0 Å². The fourth-order valence-corrected chi connectivity index (χ4v) is 5.50. The molecule has 0 radical (unpaired) electrons. The van der Waals surface area contributed by atoms with E-state index in [1.807, 2.05) is 69.3 Å². The Morgan fingerprint density at radius 3 is 2.21 bits per heavy atom. The molecule has 0 aliphatic carbocycles. The molecule has 0 saturated carbocycles. The average Bonchev–Trinajstić information content (AvgIpc) is 3.11. The minimum atomic E-state index is -0.511. The monoisotopic (exact) mass is 578 g/mol. The molecule has 0 spiro atoms. The Morgan fingerprint density at radius 1 is 0.837 bits per heavy atom. The van der Waals surface area contributed by atoms with Gasteiger partial charge < -0.3 is 24.8 Å². The first kappa shape index (κ1) is 28.3. The summed E-state index contributed by atoms with van der Waals surface area (Å²) in [5, 5.41) is 3.36. The number of benzene rings is 4. The molecule has 6 rings (SSSR count). The Bertz CT molecular complexity index is 1640. The molecule has 8 heteroatoms. The third-order valence-electron chi connectivity index (χ3n) is 7.70. The number of amides is 2. The first-order valence-corrected chi connectivity index (χ1v) is 14.5. The Morgan fingerprint density at radius 2 is 1.51 bits per heavy atom. The van der Waals surface area contributed by atoms with Gasteiger partial charge in [0.1, 0.15) is 11.4 Å². The Kier molecular flexibility index (Phi) is 7.52. The van der Waals surface area contributed by atoms with Crippen LogP contribution in [0.4, 0.5) is 31.9 Å². The second-order valence-corrected chi connectivity index (χ2v) is 11.9. The normalized spacial score (nSPS) is 14.9. The van der Waals surface area contributed by atoms with Gasteiger partial charge in [-0.25, -0.2) is 9.18 Å². The zero-order chi connectivity index (χ0) is 30.1. The van der Waals surface area contributed by atoms with E-state index in [0.717, 1.165) is 35.5 Å². The first-order valence-electron chi connectivity index (χ1n) is 14.5. The first-order chi connectivity index (χ1) is 20.6. The maximum atomic E-state index is 14.4. The second-order valence-electron chi connectivity index (χ2n) is 11.9. The molecule has 0 aromatic heterocycles. The molecule has 4 aromatic carbocycles. The number of halogens is 1. The SMILES string of the molecule is CC(C)(C)OC(=O)N1CCN(c2ccc(-c3ccc4c(c3)C(=O)N(Cc3ccccc3)c3cc(F)ccc3N4)cc2)CC1. The summed E-state index contributed by atoms with van der Waals surface area (Å²) in [7, 11) is 0. The van der Waals surface area contributed by atoms with Crippen molar-refractivity contribution in [3.05, 3.63) is 108 Å². The molecule has 1 fully saturated rings. The van der Waals surface area contributed by atoms with E-state index < -0.39 is 11.4 Å². The lowest BCUT2D eigenvalue weighted by atomic mass is 10.0. The standard InChI is InChI=1S/C35H35FN4O3/c1-35(2,3)43-34(42)39-19-17-38(18-20-39)28-13-9-25(10-14-28)26-11-15-30-29(21-26)33(41)40(23-24-7-5-4-6-8-24)32-22-27(36)12-16-31(32)37-30/h4-16,21-22,37H,17-20,23H2,1-3H3. The number of piperazine rings is 1. The molecule has 7 nitrogen and oxygen atoms in total. The van der Waals surface area contributed by atoms with E-state index in [9.17, 15) is 14.0 Å². The van der Waals surface area contributed by atoms with Crippen molar-refractivity contribution in [1.29, 1.82) is 0 Å². The highest BCUT2D eigenvalue weighted by Crippen LogP contribution is 2.38. The zero-order valence-electron chi connectivity index (χ0n) is 24.6. The van der Waals surface area contributed by atoms with Gasteiger partial charge in [-0.1, -0.05) is 48.5 Å². The van der Waals surface area contributed by atoms with Crippen LogP contribution >= 0.6 is 0 Å². The second kappa shape index (κ2) is 11.4. The van der Waals surface area contributed by atoms with E-state index in [1.54, 1.807) is 15.9 Å². The van der Waals surface area contributed by atoms with Crippen molar-refractivity contribution in [3.63, 3.8) is 0 Å². The highest BCUT2D eigenvalue weighted by molar-refractivity contribution is 6.14. The molecule has 0 bridgehead atoms. The number of fused-ring (bicyclic) bond motifs is 2. The van der Waals surface area contributed by atoms with Crippen molar-refractivity contribution in [3.8, 4) is 11.1 Å². The summed E-state index contributed by atoms with van der Waals surface area (Å²) in [6.45, 7) is 8.58. The summed E-state index contributed by atoms with van der Waals surface area (Å²) >= 11 is 0. The molecule has 43 heavy (non-hydrogen) atoms. The molecule has 1 saturated heterocycles. The molecule has 0 atom stereocenters. The summed E-state index contributed by atoms with van der Waals surface area (Å²) < 4.78 is 19.9. The number of hydrogen-bond donors (Lipinski definition) is 1. The van der Waals surface area contributed by atoms with Crippen LogP contribution in [0.25, 0.3) is 11.1 Å². The lowest BCUT2D eigenvalue weighted by Gasteiger charge is -2.36. The van der Waals surface area contributed by atoms with Gasteiger partial charge in [0.05, 0.1) is 29.2 Å². The number of ether oxygens (including phenoxy) is 1. The van der Waals surface area contributed by atoms with Crippen LogP contribution in [0.3, 0.4) is 0 Å². The highest BCUT2D eigenvalue weighted by atomic mass is 19.1. The van der Waals surface area contributed by atoms with Crippen LogP contribution < -0.4 is 15.1 Å². The van der Waals surface area contributed by atoms with E-state index in [2.05, 4.69) is 34.5 Å². The molecular weight excluding hydrogens is 543 g/mol. The average molecular weight is 579 g/mol. The molecule has 2 aliphatic heterocycles. The molecule has 2 heterocycles. The van der Waals surface area contributed by atoms with E-state index in [0.29, 0.717) is 42.3 Å². The van der Waals surface area contributed by atoms with Gasteiger partial charge in [-0.05, 0) is 79.9 Å². The molecule has 2 amide bonds. The van der Waals surface area contributed by atoms with Gasteiger partial charge in [0.25, 0.3) is 5.91 Å². The van der Waals surface area contributed by atoms with Crippen molar-refractivity contribution < 1.29 is 18.7 Å². The number of nitrogens with zero attached hydrogens (tertiary/aromatic N) is 3. The highest BCUT2D eigenvalue weighted by Gasteiger charge is 2.29. The number of hydrogen-bond acceptors (Lipinski definition) is 5. The van der Waals surface area contributed by atoms with Crippen LogP contribution in [0.2, 0.25) is 0 Å². The minimum Gasteiger partial charge on any atom is -0.444 e. The summed E-state index contributed by atoms with van der Waals surface area (Å²) in [6, 6.07) is 28.2. The smallest absolute Gasteiger partial charge is 0.410 e. The summed E-state index contributed by atoms with van der Waals surface area (Å²) in [5.74, 6) is -0.596. The minimum absolute atomic E-state index is 0.197. The number of carbonyl (C=O) groups is 2. The van der Waals surface area contributed by atoms with Gasteiger partial charge in [0, 0.05) is 31.9 Å². The van der Waals surface area contributed by atoms with Crippen LogP contribution in [-0.4, -0.2) is 48.7 Å². The van der Waals surface area contributed by atoms with Crippen LogP contribution in [0.15, 0.2) is 91.0 Å². The molecule has 1 N–H and O–H groups in total. The van der Waals surface area contributed by atoms with Gasteiger partial charge in [-0.15, -0.1) is 0 Å². The van der Waals surface area contributed by atoms with Crippen LogP contribution in [-0.2, 0) is 11.3 Å². The number of nitrogens with one attached hydrogen (secondary N) is 1. The topological polar surface area (TPSA) is 65.1 Å². The van der Waals surface area contributed by atoms with Crippen LogP contribution in [0.5, 0.6) is 0 Å². The largest absolute Gasteiger partial charge is 0.444 e. The van der Waals surface area contributed by atoms with Crippen molar-refractivity contribution in [2.45, 2.75) is 32.9 Å². The van der Waals surface area contributed by atoms with E-state index in [1.165, 1.54) is 12.1 Å². The molecule has 4 aromatic rings. The quantitative estimate of drug-likeness (QED) is 0.272. The third-order valence-corrected chi connectivity index (χ3v) is 7.70. The Labute approximate surface area is 251 Å². The van der Waals surface area contributed by atoms with E-state index in [4.69, 9.17) is 4.74 Å². The van der Waals surface area contributed by atoms with Gasteiger partial charge >= 0.3 is 6.09 Å². The summed E-state index contributed by atoms with van der Waals surface area (Å²) in [4.78, 5) is 32.1. The summed E-state index contributed by atoms with van der Waals surface area (Å²) in [5.41, 5.74) is 5.78. The fourth-order valence-electron chi connectivity index (χ4n) is 5.50. The Balaban J connectivity index is 1.22. The van der Waals surface area contributed by atoms with E-state index in [-0.39, 0.29) is 12.0 Å². The van der Waals surface area contributed by atoms with Crippen molar-refractivity contribution in [2.75, 3.05) is 41.3 Å². The van der Waals surface area contributed by atoms with E-state index >= 15 is 0 Å². The van der Waals surface area contributed by atoms with Gasteiger partial charge in [0.15, 0.2) is 0 Å². The third kappa shape index (κ3) is 6.18. The van der Waals surface area contributed by atoms with Crippen molar-refractivity contribution in [1.82, 2.24) is 4.90 Å². The molecule has 0 unspecified atom stereocenters. The lowest BCUT2D eigenvalue weighted by molar-refractivity contribution is 0.0240. The summed E-state index contributed by atoms with van der Waals surface area (Å²) in [6.07, 6.45) is -0.273. The molecule has 2 aliphatic rings. The molecule has 220 valence electrons. The number of rotatable bonds is 4. The number of carbonyl (C=O) groups excluding carboxylic acids is 2. The lowest BCUT2D eigenvalue weighted by Crippen LogP contribution is -2.50. The van der Waals surface area contributed by atoms with Crippen molar-refractivity contribution >= 4 is 34.7 Å². The zero-order valence-corrected chi connectivity index (χ0v) is 24.6. The maximum absolute atomic E-state index is 14.4. The fraction of sp³-hybridized carbons (Fsp3) is 0.257. The maximum Gasteiger partial charge on any atom is 0.410 e. The van der Waals surface area contributed by atoms with Crippen molar-refractivity contribution in [2.24, 2.45) is 0 Å². The van der Waals surface area contributed by atoms with Crippen LogP contribution in [0.1, 0.15) is 36.7 Å². The number of anilines is 4. The van der Waals surface area contributed by atoms with Gasteiger partial charge in [-0.2, -0.15) is 0 Å². The predicted molar refractivity (Wildman–Crippen MR) is 169 cm³/mol. The Hall–Kier alpha value is -4.85.